The van der Waals surface area contributed by atoms with E-state index in [0.29, 0.717) is 0 Å². The van der Waals surface area contributed by atoms with Crippen LogP contribution in [-0.4, -0.2) is 34.5 Å². The monoisotopic (exact) mass is 335 g/mol. The van der Waals surface area contributed by atoms with E-state index < -0.39 is 0 Å². The van der Waals surface area contributed by atoms with Gasteiger partial charge in [0.1, 0.15) is 6.54 Å². The highest BCUT2D eigenvalue weighted by atomic mass is 32.1. The number of methoxy groups -OCH3 is 1. The fourth-order valence-corrected chi connectivity index (χ4v) is 3.29. The highest BCUT2D eigenvalue weighted by Crippen LogP contribution is 2.26. The van der Waals surface area contributed by atoms with E-state index in [0.717, 1.165) is 15.6 Å². The normalized spacial score (nSPS) is 12.0. The first kappa shape index (κ1) is 17.2. The predicted molar refractivity (Wildman–Crippen MR) is 90.0 cm³/mol. The van der Waals surface area contributed by atoms with E-state index in [2.05, 4.69) is 4.98 Å². The zero-order valence-electron chi connectivity index (χ0n) is 14.0. The average Bonchev–Trinajstić information content (AvgIpc) is 2.86. The largest absolute Gasteiger partial charge is 0.491 e. The number of aryl methyl sites for hydroxylation is 2. The maximum absolute atomic E-state index is 12.5. The molecule has 6 nitrogen and oxygen atoms in total. The third kappa shape index (κ3) is 3.61. The minimum Gasteiger partial charge on any atom is -0.491 e. The van der Waals surface area contributed by atoms with Crippen molar-refractivity contribution in [2.24, 2.45) is 0 Å². The van der Waals surface area contributed by atoms with Crippen LogP contribution in [0.5, 0.6) is 5.75 Å². The van der Waals surface area contributed by atoms with Gasteiger partial charge in [0.25, 0.3) is 5.56 Å². The van der Waals surface area contributed by atoms with Gasteiger partial charge >= 0.3 is 0 Å². The molecule has 0 aliphatic rings. The van der Waals surface area contributed by atoms with E-state index in [-0.39, 0.29) is 29.8 Å². The summed E-state index contributed by atoms with van der Waals surface area (Å²) in [6.07, 6.45) is 1.58. The van der Waals surface area contributed by atoms with Crippen molar-refractivity contribution in [3.63, 3.8) is 0 Å². The molecule has 2 aromatic heterocycles. The van der Waals surface area contributed by atoms with Gasteiger partial charge in [0.05, 0.1) is 23.9 Å². The molecule has 2 rings (SSSR count). The Morgan fingerprint density at radius 1 is 1.48 bits per heavy atom. The SMILES string of the molecule is COc1cccn(CC(=O)N(C)C(C)c2nc(C)sc2C)c1=O. The number of nitrogens with zero attached hydrogens (tertiary/aromatic N) is 3. The Labute approximate surface area is 139 Å². The highest BCUT2D eigenvalue weighted by Gasteiger charge is 2.22. The minimum absolute atomic E-state index is 0.0287. The molecule has 1 amide bonds. The van der Waals surface area contributed by atoms with Gasteiger partial charge in [-0.05, 0) is 32.9 Å². The number of pyridine rings is 1. The Kier molecular flexibility index (Phi) is 5.20. The second-order valence-corrected chi connectivity index (χ2v) is 6.77. The number of likely N-dealkylation sites (N-methyl/N-ethyl adjacent to an activating group) is 1. The van der Waals surface area contributed by atoms with E-state index in [1.54, 1.807) is 41.6 Å². The lowest BCUT2D eigenvalue weighted by atomic mass is 10.2. The quantitative estimate of drug-likeness (QED) is 0.840. The van der Waals surface area contributed by atoms with Crippen molar-refractivity contribution in [2.75, 3.05) is 14.2 Å². The first-order valence-corrected chi connectivity index (χ1v) is 8.09. The number of amides is 1. The van der Waals surface area contributed by atoms with Crippen molar-refractivity contribution in [1.82, 2.24) is 14.5 Å². The molecule has 0 spiro atoms. The molecule has 0 N–H and O–H groups in total. The number of hydrogen-bond donors (Lipinski definition) is 0. The third-order valence-electron chi connectivity index (χ3n) is 3.82. The molecule has 1 atom stereocenters. The maximum atomic E-state index is 12.5. The van der Waals surface area contributed by atoms with E-state index in [1.165, 1.54) is 11.7 Å². The van der Waals surface area contributed by atoms with Crippen LogP contribution in [-0.2, 0) is 11.3 Å². The Hall–Kier alpha value is -2.15. The molecule has 1 unspecified atom stereocenters. The fraction of sp³-hybridized carbons (Fsp3) is 0.438. The standard InChI is InChI=1S/C16H21N3O3S/c1-10(15-11(2)23-12(3)17-15)18(4)14(20)9-19-8-6-7-13(22-5)16(19)21/h6-8,10H,9H2,1-5H3. The van der Waals surface area contributed by atoms with Gasteiger partial charge in [0.15, 0.2) is 5.75 Å². The van der Waals surface area contributed by atoms with E-state index >= 15 is 0 Å². The van der Waals surface area contributed by atoms with Crippen molar-refractivity contribution in [3.8, 4) is 5.75 Å². The highest BCUT2D eigenvalue weighted by molar-refractivity contribution is 7.11. The summed E-state index contributed by atoms with van der Waals surface area (Å²) < 4.78 is 6.35. The van der Waals surface area contributed by atoms with Gasteiger partial charge in [-0.15, -0.1) is 11.3 Å². The summed E-state index contributed by atoms with van der Waals surface area (Å²) in [5.74, 6) is 0.0693. The molecule has 0 saturated heterocycles. The topological polar surface area (TPSA) is 64.4 Å². The molecular weight excluding hydrogens is 314 g/mol. The number of thiazole rings is 1. The van der Waals surface area contributed by atoms with E-state index in [4.69, 9.17) is 4.74 Å². The summed E-state index contributed by atoms with van der Waals surface area (Å²) in [5, 5.41) is 0.981. The Bertz CT molecular complexity index is 766. The first-order chi connectivity index (χ1) is 10.8. The summed E-state index contributed by atoms with van der Waals surface area (Å²) in [5.41, 5.74) is 0.589. The lowest BCUT2D eigenvalue weighted by Crippen LogP contribution is -2.35. The van der Waals surface area contributed by atoms with Gasteiger partial charge in [0.2, 0.25) is 5.91 Å². The van der Waals surface area contributed by atoms with Gasteiger partial charge in [-0.3, -0.25) is 9.59 Å². The van der Waals surface area contributed by atoms with Crippen molar-refractivity contribution in [2.45, 2.75) is 33.4 Å². The van der Waals surface area contributed by atoms with Crippen LogP contribution in [0.25, 0.3) is 0 Å². The zero-order valence-corrected chi connectivity index (χ0v) is 14.8. The molecule has 23 heavy (non-hydrogen) atoms. The van der Waals surface area contributed by atoms with Crippen LogP contribution in [0.1, 0.15) is 28.5 Å². The lowest BCUT2D eigenvalue weighted by molar-refractivity contribution is -0.132. The van der Waals surface area contributed by atoms with Crippen molar-refractivity contribution in [1.29, 1.82) is 0 Å². The summed E-state index contributed by atoms with van der Waals surface area (Å²) in [4.78, 5) is 31.8. The molecule has 0 aromatic carbocycles. The molecule has 0 aliphatic carbocycles. The number of carbonyl (C=O) groups excluding carboxylic acids is 1. The molecule has 0 fully saturated rings. The number of hydrogen-bond acceptors (Lipinski definition) is 5. The lowest BCUT2D eigenvalue weighted by Gasteiger charge is -2.24. The molecule has 7 heteroatoms. The zero-order chi connectivity index (χ0) is 17.1. The summed E-state index contributed by atoms with van der Waals surface area (Å²) in [6.45, 7) is 5.86. The number of rotatable bonds is 5. The second kappa shape index (κ2) is 6.95. The number of carbonyl (C=O) groups is 1. The van der Waals surface area contributed by atoms with Gasteiger partial charge in [-0.25, -0.2) is 4.98 Å². The third-order valence-corrected chi connectivity index (χ3v) is 4.72. The van der Waals surface area contributed by atoms with Gasteiger partial charge in [0, 0.05) is 18.1 Å². The molecule has 0 radical (unpaired) electrons. The van der Waals surface area contributed by atoms with E-state index in [1.807, 2.05) is 20.8 Å². The molecule has 124 valence electrons. The van der Waals surface area contributed by atoms with Gasteiger partial charge in [-0.1, -0.05) is 0 Å². The smallest absolute Gasteiger partial charge is 0.293 e. The Balaban J connectivity index is 2.17. The average molecular weight is 335 g/mol. The molecule has 0 aliphatic heterocycles. The van der Waals surface area contributed by atoms with Crippen LogP contribution in [0.4, 0.5) is 0 Å². The molecule has 0 bridgehead atoms. The van der Waals surface area contributed by atoms with Crippen molar-refractivity contribution < 1.29 is 9.53 Å². The summed E-state index contributed by atoms with van der Waals surface area (Å²) in [7, 11) is 3.16. The van der Waals surface area contributed by atoms with Crippen molar-refractivity contribution >= 4 is 17.2 Å². The summed E-state index contributed by atoms with van der Waals surface area (Å²) >= 11 is 1.62. The van der Waals surface area contributed by atoms with Crippen LogP contribution in [0, 0.1) is 13.8 Å². The molecular formula is C16H21N3O3S. The van der Waals surface area contributed by atoms with E-state index in [9.17, 15) is 9.59 Å². The fourth-order valence-electron chi connectivity index (χ4n) is 2.38. The van der Waals surface area contributed by atoms with Gasteiger partial charge in [-0.2, -0.15) is 0 Å². The van der Waals surface area contributed by atoms with Crippen molar-refractivity contribution in [3.05, 3.63) is 44.3 Å². The Morgan fingerprint density at radius 2 is 2.17 bits per heavy atom. The second-order valence-electron chi connectivity index (χ2n) is 5.36. The maximum Gasteiger partial charge on any atom is 0.293 e. The summed E-state index contributed by atoms with van der Waals surface area (Å²) in [6, 6.07) is 3.12. The van der Waals surface area contributed by atoms with Gasteiger partial charge < -0.3 is 14.2 Å². The first-order valence-electron chi connectivity index (χ1n) is 7.28. The van der Waals surface area contributed by atoms with Crippen LogP contribution in [0.15, 0.2) is 23.1 Å². The Morgan fingerprint density at radius 3 is 2.74 bits per heavy atom. The number of aromatic nitrogens is 2. The van der Waals surface area contributed by atoms with Crippen LogP contribution in [0.3, 0.4) is 0 Å². The number of ether oxygens (including phenoxy) is 1. The van der Waals surface area contributed by atoms with Crippen LogP contribution < -0.4 is 10.3 Å². The van der Waals surface area contributed by atoms with Crippen LogP contribution in [0.2, 0.25) is 0 Å². The predicted octanol–water partition coefficient (Wildman–Crippen LogP) is 2.15. The molecule has 0 saturated carbocycles. The van der Waals surface area contributed by atoms with Crippen LogP contribution >= 0.6 is 11.3 Å². The minimum atomic E-state index is -0.315. The molecule has 2 aromatic rings. The molecule has 2 heterocycles.